The first-order valence-corrected chi connectivity index (χ1v) is 9.71. The third kappa shape index (κ3) is 3.81. The summed E-state index contributed by atoms with van der Waals surface area (Å²) in [6.45, 7) is 5.28. The molecule has 0 radical (unpaired) electrons. The number of hydrogen-bond acceptors (Lipinski definition) is 5. The average molecular weight is 401 g/mol. The van der Waals surface area contributed by atoms with Gasteiger partial charge in [-0.2, -0.15) is 4.99 Å². The second kappa shape index (κ2) is 8.58. The van der Waals surface area contributed by atoms with Gasteiger partial charge in [0.2, 0.25) is 0 Å². The first-order valence-electron chi connectivity index (χ1n) is 8.89. The lowest BCUT2D eigenvalue weighted by Crippen LogP contribution is -2.19. The molecule has 0 aliphatic rings. The summed E-state index contributed by atoms with van der Waals surface area (Å²) >= 11 is 1.50. The number of rotatable bonds is 6. The van der Waals surface area contributed by atoms with Gasteiger partial charge in [0.15, 0.2) is 16.3 Å². The monoisotopic (exact) mass is 400 g/mol. The predicted octanol–water partition coefficient (Wildman–Crippen LogP) is 3.72. The van der Waals surface area contributed by atoms with Gasteiger partial charge in [-0.1, -0.05) is 23.5 Å². The van der Waals surface area contributed by atoms with Gasteiger partial charge in [-0.15, -0.1) is 0 Å². The Morgan fingerprint density at radius 1 is 1.14 bits per heavy atom. The van der Waals surface area contributed by atoms with Gasteiger partial charge in [0, 0.05) is 13.7 Å². The molecule has 0 bridgehead atoms. The number of carbonyl (C=O) groups is 1. The van der Waals surface area contributed by atoms with Gasteiger partial charge in [-0.25, -0.2) is 0 Å². The average Bonchev–Trinajstić information content (AvgIpc) is 3.02. The Kier molecular flexibility index (Phi) is 6.16. The summed E-state index contributed by atoms with van der Waals surface area (Å²) in [5.41, 5.74) is 3.76. The fourth-order valence-corrected chi connectivity index (χ4v) is 4.30. The Labute approximate surface area is 168 Å². The number of fused-ring (bicyclic) bond motifs is 1. The molecule has 0 atom stereocenters. The number of aryl methyl sites for hydroxylation is 2. The van der Waals surface area contributed by atoms with E-state index in [2.05, 4.69) is 31.0 Å². The first-order chi connectivity index (χ1) is 13.5. The van der Waals surface area contributed by atoms with Crippen molar-refractivity contribution in [1.82, 2.24) is 4.57 Å². The van der Waals surface area contributed by atoms with Crippen LogP contribution in [0.3, 0.4) is 0 Å². The summed E-state index contributed by atoms with van der Waals surface area (Å²) in [6, 6.07) is 9.44. The molecule has 0 saturated heterocycles. The maximum atomic E-state index is 13.0. The zero-order valence-corrected chi connectivity index (χ0v) is 17.6. The summed E-state index contributed by atoms with van der Waals surface area (Å²) in [7, 11) is 4.72. The van der Waals surface area contributed by atoms with Crippen LogP contribution in [0, 0.1) is 13.8 Å². The normalized spacial score (nSPS) is 11.8. The Bertz CT molecular complexity index is 1080. The highest BCUT2D eigenvalue weighted by Gasteiger charge is 2.17. The van der Waals surface area contributed by atoms with Crippen LogP contribution in [0.5, 0.6) is 11.5 Å². The number of ether oxygens (including phenoxy) is 3. The summed E-state index contributed by atoms with van der Waals surface area (Å²) in [5, 5.41) is 0. The minimum absolute atomic E-state index is 0.366. The van der Waals surface area contributed by atoms with E-state index < -0.39 is 0 Å². The standard InChI is InChI=1S/C21H24N2O4S/c1-13-11-14(2)19-16(12-13)23(9-10-25-3)21(28-19)22-20(24)15-7-6-8-17(26-4)18(15)27-5/h6-8,11-12H,9-10H2,1-5H3. The van der Waals surface area contributed by atoms with Crippen molar-refractivity contribution in [3.05, 3.63) is 51.8 Å². The van der Waals surface area contributed by atoms with Gasteiger partial charge in [0.25, 0.3) is 5.91 Å². The number of benzene rings is 2. The number of nitrogens with zero attached hydrogens (tertiary/aromatic N) is 2. The Hall–Kier alpha value is -2.64. The van der Waals surface area contributed by atoms with Gasteiger partial charge in [0.05, 0.1) is 36.6 Å². The van der Waals surface area contributed by atoms with Crippen molar-refractivity contribution in [2.45, 2.75) is 20.4 Å². The van der Waals surface area contributed by atoms with Crippen molar-refractivity contribution in [2.75, 3.05) is 27.9 Å². The van der Waals surface area contributed by atoms with E-state index in [1.54, 1.807) is 32.4 Å². The van der Waals surface area contributed by atoms with E-state index in [4.69, 9.17) is 14.2 Å². The van der Waals surface area contributed by atoms with Crippen LogP contribution in [0.15, 0.2) is 35.3 Å². The third-order valence-corrected chi connectivity index (χ3v) is 5.69. The van der Waals surface area contributed by atoms with Crippen LogP contribution in [0.25, 0.3) is 10.2 Å². The van der Waals surface area contributed by atoms with Crippen LogP contribution in [0.4, 0.5) is 0 Å². The lowest BCUT2D eigenvalue weighted by atomic mass is 10.1. The Morgan fingerprint density at radius 3 is 2.61 bits per heavy atom. The second-order valence-corrected chi connectivity index (χ2v) is 7.39. The number of para-hydroxylation sites is 1. The maximum Gasteiger partial charge on any atom is 0.283 e. The van der Waals surface area contributed by atoms with E-state index in [1.165, 1.54) is 29.6 Å². The van der Waals surface area contributed by atoms with Crippen LogP contribution in [-0.2, 0) is 11.3 Å². The van der Waals surface area contributed by atoms with Gasteiger partial charge in [0.1, 0.15) is 0 Å². The summed E-state index contributed by atoms with van der Waals surface area (Å²) < 4.78 is 19.1. The number of methoxy groups -OCH3 is 3. The molecule has 28 heavy (non-hydrogen) atoms. The molecule has 0 fully saturated rings. The first kappa shape index (κ1) is 20.1. The highest BCUT2D eigenvalue weighted by atomic mass is 32.1. The maximum absolute atomic E-state index is 13.0. The SMILES string of the molecule is COCCn1c(=NC(=O)c2cccc(OC)c2OC)sc2c(C)cc(C)cc21. The molecule has 0 saturated carbocycles. The van der Waals surface area contributed by atoms with Crippen molar-refractivity contribution in [2.24, 2.45) is 4.99 Å². The van der Waals surface area contributed by atoms with Crippen molar-refractivity contribution < 1.29 is 19.0 Å². The van der Waals surface area contributed by atoms with Crippen LogP contribution in [0.1, 0.15) is 21.5 Å². The molecule has 1 amide bonds. The Balaban J connectivity index is 2.19. The van der Waals surface area contributed by atoms with E-state index in [9.17, 15) is 4.79 Å². The van der Waals surface area contributed by atoms with E-state index in [1.807, 2.05) is 4.57 Å². The topological polar surface area (TPSA) is 62.1 Å². The molecule has 3 aromatic rings. The van der Waals surface area contributed by atoms with Gasteiger partial charge in [-0.05, 0) is 43.2 Å². The molecule has 0 N–H and O–H groups in total. The number of carbonyl (C=O) groups excluding carboxylic acids is 1. The van der Waals surface area contributed by atoms with E-state index in [0.29, 0.717) is 35.0 Å². The molecule has 2 aromatic carbocycles. The van der Waals surface area contributed by atoms with Crippen LogP contribution < -0.4 is 14.3 Å². The molecule has 1 aromatic heterocycles. The fraction of sp³-hybridized carbons (Fsp3) is 0.333. The highest BCUT2D eigenvalue weighted by Crippen LogP contribution is 2.31. The van der Waals surface area contributed by atoms with Crippen molar-refractivity contribution in [3.63, 3.8) is 0 Å². The number of aromatic nitrogens is 1. The molecule has 0 aliphatic carbocycles. The minimum Gasteiger partial charge on any atom is -0.493 e. The van der Waals surface area contributed by atoms with Gasteiger partial charge >= 0.3 is 0 Å². The molecule has 0 unspecified atom stereocenters. The molecular weight excluding hydrogens is 376 g/mol. The molecule has 3 rings (SSSR count). The van der Waals surface area contributed by atoms with Crippen LogP contribution in [0.2, 0.25) is 0 Å². The number of amides is 1. The van der Waals surface area contributed by atoms with Crippen molar-refractivity contribution >= 4 is 27.5 Å². The fourth-order valence-electron chi connectivity index (χ4n) is 3.20. The number of hydrogen-bond donors (Lipinski definition) is 0. The molecule has 148 valence electrons. The zero-order chi connectivity index (χ0) is 20.3. The molecule has 7 heteroatoms. The largest absolute Gasteiger partial charge is 0.493 e. The molecular formula is C21H24N2O4S. The van der Waals surface area contributed by atoms with Gasteiger partial charge in [-0.3, -0.25) is 4.79 Å². The van der Waals surface area contributed by atoms with E-state index in [-0.39, 0.29) is 5.91 Å². The molecule has 1 heterocycles. The number of thiazole rings is 1. The van der Waals surface area contributed by atoms with E-state index >= 15 is 0 Å². The Morgan fingerprint density at radius 2 is 1.93 bits per heavy atom. The molecule has 6 nitrogen and oxygen atoms in total. The lowest BCUT2D eigenvalue weighted by Gasteiger charge is -2.10. The molecule has 0 spiro atoms. The lowest BCUT2D eigenvalue weighted by molar-refractivity contribution is 0.0993. The van der Waals surface area contributed by atoms with Crippen molar-refractivity contribution in [1.29, 1.82) is 0 Å². The summed E-state index contributed by atoms with van der Waals surface area (Å²) in [5.74, 6) is 0.511. The minimum atomic E-state index is -0.372. The van der Waals surface area contributed by atoms with Crippen LogP contribution in [-0.4, -0.2) is 38.4 Å². The highest BCUT2D eigenvalue weighted by molar-refractivity contribution is 7.16. The third-order valence-electron chi connectivity index (χ3n) is 4.46. The van der Waals surface area contributed by atoms with E-state index in [0.717, 1.165) is 10.2 Å². The van der Waals surface area contributed by atoms with Crippen LogP contribution >= 0.6 is 11.3 Å². The zero-order valence-electron chi connectivity index (χ0n) is 16.7. The summed E-state index contributed by atoms with van der Waals surface area (Å²) in [6.07, 6.45) is 0. The molecule has 0 aliphatic heterocycles. The second-order valence-electron chi connectivity index (χ2n) is 6.42. The quantitative estimate of drug-likeness (QED) is 0.633. The summed E-state index contributed by atoms with van der Waals surface area (Å²) in [4.78, 5) is 18.0. The smallest absolute Gasteiger partial charge is 0.283 e. The predicted molar refractivity (Wildman–Crippen MR) is 111 cm³/mol. The van der Waals surface area contributed by atoms with Crippen molar-refractivity contribution in [3.8, 4) is 11.5 Å². The van der Waals surface area contributed by atoms with Gasteiger partial charge < -0.3 is 18.8 Å².